The summed E-state index contributed by atoms with van der Waals surface area (Å²) in [4.78, 5) is 0. The number of rotatable bonds is 3. The molecule has 19 heavy (non-hydrogen) atoms. The molecule has 0 radical (unpaired) electrons. The Hall–Kier alpha value is -0.940. The number of hydrogen-bond donors (Lipinski definition) is 0. The third-order valence-electron chi connectivity index (χ3n) is 4.21. The van der Waals surface area contributed by atoms with Gasteiger partial charge in [-0.3, -0.25) is 0 Å². The molecule has 2 aliphatic heterocycles. The van der Waals surface area contributed by atoms with Crippen molar-refractivity contribution in [1.29, 1.82) is 0 Å². The molecule has 0 amide bonds. The van der Waals surface area contributed by atoms with Crippen LogP contribution in [0, 0.1) is 0 Å². The molecule has 0 saturated carbocycles. The highest BCUT2D eigenvalue weighted by atomic mass is 16.8. The maximum atomic E-state index is 6.14. The van der Waals surface area contributed by atoms with Crippen molar-refractivity contribution in [2.24, 2.45) is 0 Å². The Balaban J connectivity index is 1.98. The van der Waals surface area contributed by atoms with Crippen LogP contribution >= 0.6 is 0 Å². The highest BCUT2D eigenvalue weighted by Gasteiger charge is 2.60. The van der Waals surface area contributed by atoms with Crippen molar-refractivity contribution in [3.05, 3.63) is 35.9 Å². The summed E-state index contributed by atoms with van der Waals surface area (Å²) < 4.78 is 23.5. The van der Waals surface area contributed by atoms with Gasteiger partial charge in [0.25, 0.3) is 0 Å². The SMILES string of the molecule is COC1(OC)CCC2(C)OC(c3ccccc3)C1O2. The zero-order chi connectivity index (χ0) is 13.5. The minimum Gasteiger partial charge on any atom is -0.351 e. The Kier molecular flexibility index (Phi) is 3.14. The maximum Gasteiger partial charge on any atom is 0.197 e. The molecular weight excluding hydrogens is 244 g/mol. The van der Waals surface area contributed by atoms with Crippen LogP contribution in [0.2, 0.25) is 0 Å². The number of hydrogen-bond acceptors (Lipinski definition) is 4. The lowest BCUT2D eigenvalue weighted by Crippen LogP contribution is -2.52. The standard InChI is InChI=1S/C15H20O4/c1-14-9-10-15(16-2,17-3)13(19-14)12(18-14)11-7-5-4-6-8-11/h4-8,12-13H,9-10H2,1-3H3. The lowest BCUT2D eigenvalue weighted by atomic mass is 9.92. The largest absolute Gasteiger partial charge is 0.351 e. The van der Waals surface area contributed by atoms with E-state index >= 15 is 0 Å². The average Bonchev–Trinajstić information content (AvgIpc) is 2.75. The number of methoxy groups -OCH3 is 2. The van der Waals surface area contributed by atoms with Crippen LogP contribution in [0.15, 0.2) is 30.3 Å². The fraction of sp³-hybridized carbons (Fsp3) is 0.600. The molecule has 0 spiro atoms. The highest BCUT2D eigenvalue weighted by molar-refractivity contribution is 5.21. The molecule has 2 heterocycles. The number of ether oxygens (including phenoxy) is 4. The lowest BCUT2D eigenvalue weighted by Gasteiger charge is -2.41. The van der Waals surface area contributed by atoms with Crippen molar-refractivity contribution in [2.75, 3.05) is 14.2 Å². The molecule has 3 unspecified atom stereocenters. The van der Waals surface area contributed by atoms with Crippen LogP contribution in [-0.2, 0) is 18.9 Å². The second kappa shape index (κ2) is 4.56. The van der Waals surface area contributed by atoms with E-state index in [0.717, 1.165) is 18.4 Å². The van der Waals surface area contributed by atoms with E-state index in [1.807, 2.05) is 37.3 Å². The molecule has 2 saturated heterocycles. The minimum absolute atomic E-state index is 0.159. The van der Waals surface area contributed by atoms with E-state index in [9.17, 15) is 0 Å². The molecule has 2 aliphatic rings. The van der Waals surface area contributed by atoms with Crippen molar-refractivity contribution in [2.45, 2.75) is 43.5 Å². The Morgan fingerprint density at radius 1 is 1.05 bits per heavy atom. The molecule has 2 bridgehead atoms. The van der Waals surface area contributed by atoms with Gasteiger partial charge in [0.05, 0.1) is 0 Å². The zero-order valence-corrected chi connectivity index (χ0v) is 11.6. The minimum atomic E-state index is -0.726. The fourth-order valence-electron chi connectivity index (χ4n) is 3.08. The maximum absolute atomic E-state index is 6.14. The first-order valence-corrected chi connectivity index (χ1v) is 6.63. The predicted molar refractivity (Wildman–Crippen MR) is 69.5 cm³/mol. The van der Waals surface area contributed by atoms with Gasteiger partial charge < -0.3 is 18.9 Å². The molecular formula is C15H20O4. The molecule has 3 rings (SSSR count). The van der Waals surface area contributed by atoms with Crippen molar-refractivity contribution >= 4 is 0 Å². The first kappa shape index (κ1) is 13.1. The van der Waals surface area contributed by atoms with E-state index in [1.54, 1.807) is 14.2 Å². The van der Waals surface area contributed by atoms with E-state index in [2.05, 4.69) is 0 Å². The molecule has 4 heteroatoms. The van der Waals surface area contributed by atoms with Crippen LogP contribution in [-0.4, -0.2) is 31.9 Å². The average molecular weight is 264 g/mol. The van der Waals surface area contributed by atoms with E-state index in [-0.39, 0.29) is 12.2 Å². The van der Waals surface area contributed by atoms with Gasteiger partial charge in [0.15, 0.2) is 11.6 Å². The monoisotopic (exact) mass is 264 g/mol. The first-order valence-electron chi connectivity index (χ1n) is 6.63. The molecule has 104 valence electrons. The summed E-state index contributed by atoms with van der Waals surface area (Å²) in [5.74, 6) is -1.26. The van der Waals surface area contributed by atoms with Crippen molar-refractivity contribution in [3.63, 3.8) is 0 Å². The predicted octanol–water partition coefficient (Wildman–Crippen LogP) is 2.64. The molecule has 0 N–H and O–H groups in total. The molecule has 4 nitrogen and oxygen atoms in total. The van der Waals surface area contributed by atoms with E-state index in [1.165, 1.54) is 0 Å². The summed E-state index contributed by atoms with van der Waals surface area (Å²) in [6.07, 6.45) is 1.12. The van der Waals surface area contributed by atoms with E-state index in [4.69, 9.17) is 18.9 Å². The molecule has 0 aromatic heterocycles. The summed E-state index contributed by atoms with van der Waals surface area (Å²) in [5, 5.41) is 0. The van der Waals surface area contributed by atoms with Gasteiger partial charge in [-0.25, -0.2) is 0 Å². The quantitative estimate of drug-likeness (QED) is 0.786. The van der Waals surface area contributed by atoms with Crippen molar-refractivity contribution < 1.29 is 18.9 Å². The van der Waals surface area contributed by atoms with Crippen LogP contribution in [0.1, 0.15) is 31.4 Å². The van der Waals surface area contributed by atoms with E-state index in [0.29, 0.717) is 0 Å². The van der Waals surface area contributed by atoms with Crippen LogP contribution in [0.4, 0.5) is 0 Å². The van der Waals surface area contributed by atoms with Crippen LogP contribution in [0.25, 0.3) is 0 Å². The topological polar surface area (TPSA) is 36.9 Å². The Morgan fingerprint density at radius 2 is 1.74 bits per heavy atom. The molecule has 1 aromatic rings. The molecule has 3 atom stereocenters. The van der Waals surface area contributed by atoms with Gasteiger partial charge in [0.1, 0.15) is 12.2 Å². The summed E-state index contributed by atoms with van der Waals surface area (Å²) in [7, 11) is 3.33. The third kappa shape index (κ3) is 1.99. The third-order valence-corrected chi connectivity index (χ3v) is 4.21. The van der Waals surface area contributed by atoms with Crippen LogP contribution in [0.5, 0.6) is 0 Å². The van der Waals surface area contributed by atoms with Gasteiger partial charge in [0.2, 0.25) is 0 Å². The van der Waals surface area contributed by atoms with Gasteiger partial charge in [-0.1, -0.05) is 30.3 Å². The number of fused-ring (bicyclic) bond motifs is 2. The van der Waals surface area contributed by atoms with Gasteiger partial charge in [-0.2, -0.15) is 0 Å². The lowest BCUT2D eigenvalue weighted by molar-refractivity contribution is -0.311. The second-order valence-corrected chi connectivity index (χ2v) is 5.34. The highest BCUT2D eigenvalue weighted by Crippen LogP contribution is 2.51. The van der Waals surface area contributed by atoms with Crippen molar-refractivity contribution in [1.82, 2.24) is 0 Å². The number of benzene rings is 1. The summed E-state index contributed by atoms with van der Waals surface area (Å²) in [5.41, 5.74) is 1.09. The molecule has 0 aliphatic carbocycles. The van der Waals surface area contributed by atoms with Crippen LogP contribution < -0.4 is 0 Å². The zero-order valence-electron chi connectivity index (χ0n) is 11.6. The summed E-state index contributed by atoms with van der Waals surface area (Å²) >= 11 is 0. The smallest absolute Gasteiger partial charge is 0.197 e. The molecule has 2 fully saturated rings. The van der Waals surface area contributed by atoms with Crippen molar-refractivity contribution in [3.8, 4) is 0 Å². The summed E-state index contributed by atoms with van der Waals surface area (Å²) in [6.45, 7) is 1.98. The van der Waals surface area contributed by atoms with E-state index < -0.39 is 11.6 Å². The fourth-order valence-corrected chi connectivity index (χ4v) is 3.08. The Bertz CT molecular complexity index is 443. The first-order chi connectivity index (χ1) is 9.12. The van der Waals surface area contributed by atoms with Gasteiger partial charge >= 0.3 is 0 Å². The van der Waals surface area contributed by atoms with Crippen LogP contribution in [0.3, 0.4) is 0 Å². The summed E-state index contributed by atoms with van der Waals surface area (Å²) in [6, 6.07) is 10.1. The second-order valence-electron chi connectivity index (χ2n) is 5.34. The Morgan fingerprint density at radius 3 is 2.37 bits per heavy atom. The normalized spacial score (nSPS) is 36.4. The van der Waals surface area contributed by atoms with Gasteiger partial charge in [-0.15, -0.1) is 0 Å². The van der Waals surface area contributed by atoms with Gasteiger partial charge in [-0.05, 0) is 12.5 Å². The molecule has 1 aromatic carbocycles. The van der Waals surface area contributed by atoms with Gasteiger partial charge in [0, 0.05) is 27.1 Å². The Labute approximate surface area is 113 Å².